The molecule has 0 unspecified atom stereocenters. The number of halogens is 1. The summed E-state index contributed by atoms with van der Waals surface area (Å²) in [6.07, 6.45) is 3.90. The zero-order chi connectivity index (χ0) is 14.4. The van der Waals surface area contributed by atoms with E-state index in [1.807, 2.05) is 12.1 Å². The van der Waals surface area contributed by atoms with E-state index in [0.29, 0.717) is 18.1 Å². The Labute approximate surface area is 142 Å². The van der Waals surface area contributed by atoms with Crippen LogP contribution in [0.5, 0.6) is 0 Å². The number of carbonyl (C=O) groups excluding carboxylic acids is 1. The molecular formula is C15H22IN3O2. The summed E-state index contributed by atoms with van der Waals surface area (Å²) in [5, 5.41) is 3.15. The fraction of sp³-hybridized carbons (Fsp3) is 0.467. The summed E-state index contributed by atoms with van der Waals surface area (Å²) in [6, 6.07) is 7.17. The van der Waals surface area contributed by atoms with E-state index in [9.17, 15) is 4.79 Å². The lowest BCUT2D eigenvalue weighted by Crippen LogP contribution is -2.37. The van der Waals surface area contributed by atoms with Gasteiger partial charge in [0.15, 0.2) is 5.96 Å². The van der Waals surface area contributed by atoms with Gasteiger partial charge >= 0.3 is 5.97 Å². The summed E-state index contributed by atoms with van der Waals surface area (Å²) in [5.41, 5.74) is 7.36. The molecule has 2 rings (SSSR count). The number of nitrogens with two attached hydrogens (primary N) is 1. The maximum Gasteiger partial charge on any atom is 0.337 e. The van der Waals surface area contributed by atoms with Crippen LogP contribution < -0.4 is 11.1 Å². The molecule has 116 valence electrons. The number of rotatable bonds is 5. The van der Waals surface area contributed by atoms with E-state index < -0.39 is 0 Å². The van der Waals surface area contributed by atoms with E-state index in [1.165, 1.54) is 26.4 Å². The quantitative estimate of drug-likeness (QED) is 0.342. The Morgan fingerprint density at radius 3 is 2.57 bits per heavy atom. The molecule has 1 fully saturated rings. The second-order valence-corrected chi connectivity index (χ2v) is 5.07. The lowest BCUT2D eigenvalue weighted by molar-refractivity contribution is 0.0600. The van der Waals surface area contributed by atoms with Crippen LogP contribution in [-0.4, -0.2) is 25.6 Å². The van der Waals surface area contributed by atoms with Crippen molar-refractivity contribution < 1.29 is 9.53 Å². The Hall–Kier alpha value is -1.31. The Morgan fingerprint density at radius 2 is 2.05 bits per heavy atom. The number of guanidine groups is 1. The molecule has 1 aromatic rings. The van der Waals surface area contributed by atoms with Crippen molar-refractivity contribution >= 4 is 35.9 Å². The van der Waals surface area contributed by atoms with Gasteiger partial charge in [0.05, 0.1) is 19.2 Å². The Bertz CT molecular complexity index is 484. The van der Waals surface area contributed by atoms with Crippen LogP contribution in [0.3, 0.4) is 0 Å². The first-order valence-electron chi connectivity index (χ1n) is 6.90. The van der Waals surface area contributed by atoms with Crippen LogP contribution in [0.15, 0.2) is 29.3 Å². The molecule has 0 amide bonds. The summed E-state index contributed by atoms with van der Waals surface area (Å²) in [7, 11) is 1.37. The van der Waals surface area contributed by atoms with E-state index in [1.54, 1.807) is 12.1 Å². The van der Waals surface area contributed by atoms with Gasteiger partial charge in [0.2, 0.25) is 0 Å². The standard InChI is InChI=1S/C15H21N3O2.HI/c1-20-14(19)13-7-5-12(6-8-13)10-18-15(16)17-9-11-3-2-4-11;/h5-8,11H,2-4,9-10H2,1H3,(H3,16,17,18);1H. The van der Waals surface area contributed by atoms with Gasteiger partial charge in [-0.3, -0.25) is 0 Å². The number of benzene rings is 1. The molecule has 0 bridgehead atoms. The van der Waals surface area contributed by atoms with Crippen LogP contribution in [-0.2, 0) is 11.3 Å². The van der Waals surface area contributed by atoms with Crippen molar-refractivity contribution in [3.8, 4) is 0 Å². The minimum absolute atomic E-state index is 0. The van der Waals surface area contributed by atoms with E-state index >= 15 is 0 Å². The number of aliphatic imine (C=N–C) groups is 1. The molecule has 0 atom stereocenters. The van der Waals surface area contributed by atoms with Crippen molar-refractivity contribution in [1.82, 2.24) is 5.32 Å². The third-order valence-corrected chi connectivity index (χ3v) is 3.60. The Balaban J connectivity index is 0.00000220. The van der Waals surface area contributed by atoms with Crippen LogP contribution in [0, 0.1) is 5.92 Å². The van der Waals surface area contributed by atoms with Crippen molar-refractivity contribution in [2.24, 2.45) is 16.6 Å². The average Bonchev–Trinajstić information content (AvgIpc) is 2.43. The minimum Gasteiger partial charge on any atom is -0.465 e. The molecule has 0 aliphatic heterocycles. The van der Waals surface area contributed by atoms with Crippen LogP contribution >= 0.6 is 24.0 Å². The number of methoxy groups -OCH3 is 1. The van der Waals surface area contributed by atoms with E-state index in [-0.39, 0.29) is 29.9 Å². The van der Waals surface area contributed by atoms with Gasteiger partial charge in [0.25, 0.3) is 0 Å². The molecule has 5 nitrogen and oxygen atoms in total. The highest BCUT2D eigenvalue weighted by Gasteiger charge is 2.16. The van der Waals surface area contributed by atoms with E-state index in [4.69, 9.17) is 5.73 Å². The zero-order valence-electron chi connectivity index (χ0n) is 12.2. The summed E-state index contributed by atoms with van der Waals surface area (Å²) < 4.78 is 4.65. The summed E-state index contributed by atoms with van der Waals surface area (Å²) >= 11 is 0. The SMILES string of the molecule is COC(=O)c1ccc(CN=C(N)NCC2CCC2)cc1.I. The molecule has 1 aliphatic rings. The molecule has 3 N–H and O–H groups in total. The highest BCUT2D eigenvalue weighted by molar-refractivity contribution is 14.0. The maximum atomic E-state index is 11.3. The topological polar surface area (TPSA) is 76.7 Å². The Kier molecular flexibility index (Phi) is 7.49. The number of hydrogen-bond donors (Lipinski definition) is 2. The fourth-order valence-electron chi connectivity index (χ4n) is 2.04. The number of hydrogen-bond acceptors (Lipinski definition) is 3. The van der Waals surface area contributed by atoms with Crippen molar-refractivity contribution in [3.63, 3.8) is 0 Å². The van der Waals surface area contributed by atoms with Crippen LogP contribution in [0.25, 0.3) is 0 Å². The monoisotopic (exact) mass is 403 g/mol. The molecule has 0 radical (unpaired) electrons. The van der Waals surface area contributed by atoms with Gasteiger partial charge in [-0.2, -0.15) is 0 Å². The van der Waals surface area contributed by atoms with Crippen molar-refractivity contribution in [3.05, 3.63) is 35.4 Å². The Morgan fingerprint density at radius 1 is 1.38 bits per heavy atom. The van der Waals surface area contributed by atoms with Crippen LogP contribution in [0.2, 0.25) is 0 Å². The number of carbonyl (C=O) groups is 1. The van der Waals surface area contributed by atoms with Gasteiger partial charge in [0, 0.05) is 6.54 Å². The average molecular weight is 403 g/mol. The van der Waals surface area contributed by atoms with Gasteiger partial charge in [0.1, 0.15) is 0 Å². The molecule has 0 aromatic heterocycles. The predicted octanol–water partition coefficient (Wildman–Crippen LogP) is 2.30. The normalized spacial score (nSPS) is 14.8. The second-order valence-electron chi connectivity index (χ2n) is 5.07. The molecule has 1 saturated carbocycles. The number of ether oxygens (including phenoxy) is 1. The molecule has 1 aromatic carbocycles. The first-order chi connectivity index (χ1) is 9.69. The fourth-order valence-corrected chi connectivity index (χ4v) is 2.04. The van der Waals surface area contributed by atoms with Crippen molar-refractivity contribution in [2.75, 3.05) is 13.7 Å². The lowest BCUT2D eigenvalue weighted by Gasteiger charge is -2.25. The van der Waals surface area contributed by atoms with Gasteiger partial charge < -0.3 is 15.8 Å². The summed E-state index contributed by atoms with van der Waals surface area (Å²) in [6.45, 7) is 1.42. The second kappa shape index (κ2) is 8.86. The summed E-state index contributed by atoms with van der Waals surface area (Å²) in [4.78, 5) is 15.6. The highest BCUT2D eigenvalue weighted by Crippen LogP contribution is 2.24. The molecule has 0 heterocycles. The minimum atomic E-state index is -0.332. The molecule has 1 aliphatic carbocycles. The molecule has 21 heavy (non-hydrogen) atoms. The molecule has 6 heteroatoms. The van der Waals surface area contributed by atoms with Gasteiger partial charge in [-0.05, 0) is 36.5 Å². The number of esters is 1. The third kappa shape index (κ3) is 5.53. The predicted molar refractivity (Wildman–Crippen MR) is 93.9 cm³/mol. The van der Waals surface area contributed by atoms with Gasteiger partial charge in [-0.25, -0.2) is 9.79 Å². The van der Waals surface area contributed by atoms with Crippen LogP contribution in [0.4, 0.5) is 0 Å². The smallest absolute Gasteiger partial charge is 0.337 e. The lowest BCUT2D eigenvalue weighted by atomic mass is 9.85. The number of nitrogens with one attached hydrogen (secondary N) is 1. The maximum absolute atomic E-state index is 11.3. The van der Waals surface area contributed by atoms with Crippen LogP contribution in [0.1, 0.15) is 35.2 Å². The largest absolute Gasteiger partial charge is 0.465 e. The van der Waals surface area contributed by atoms with Crippen molar-refractivity contribution in [1.29, 1.82) is 0 Å². The highest BCUT2D eigenvalue weighted by atomic mass is 127. The number of nitrogens with zero attached hydrogens (tertiary/aromatic N) is 1. The zero-order valence-corrected chi connectivity index (χ0v) is 14.5. The molecule has 0 spiro atoms. The first kappa shape index (κ1) is 17.7. The first-order valence-corrected chi connectivity index (χ1v) is 6.90. The van der Waals surface area contributed by atoms with Gasteiger partial charge in [-0.15, -0.1) is 24.0 Å². The molecule has 0 saturated heterocycles. The van der Waals surface area contributed by atoms with E-state index in [2.05, 4.69) is 15.0 Å². The molecular weight excluding hydrogens is 381 g/mol. The van der Waals surface area contributed by atoms with Crippen molar-refractivity contribution in [2.45, 2.75) is 25.8 Å². The summed E-state index contributed by atoms with van der Waals surface area (Å²) in [5.74, 6) is 0.902. The van der Waals surface area contributed by atoms with E-state index in [0.717, 1.165) is 18.0 Å². The van der Waals surface area contributed by atoms with Gasteiger partial charge in [-0.1, -0.05) is 18.6 Å². The third-order valence-electron chi connectivity index (χ3n) is 3.60.